The third-order valence-corrected chi connectivity index (χ3v) is 5.46. The molecule has 0 radical (unpaired) electrons. The van der Waals surface area contributed by atoms with Crippen molar-refractivity contribution in [2.75, 3.05) is 27.4 Å². The minimum atomic E-state index is -10.2. The van der Waals surface area contributed by atoms with E-state index in [1.54, 1.807) is 0 Å². The maximum absolute atomic E-state index is 13.6. The van der Waals surface area contributed by atoms with Crippen LogP contribution in [0, 0.1) is 0 Å². The average Bonchev–Trinajstić information content (AvgIpc) is 2.63. The van der Waals surface area contributed by atoms with Gasteiger partial charge >= 0.3 is 22.4 Å². The van der Waals surface area contributed by atoms with Crippen molar-refractivity contribution in [1.29, 1.82) is 0 Å². The molecule has 0 spiro atoms. The molecule has 0 saturated heterocycles. The number of alkyl halides is 3. The van der Waals surface area contributed by atoms with Gasteiger partial charge in [0.15, 0.2) is 0 Å². The summed E-state index contributed by atoms with van der Waals surface area (Å²) in [6.45, 7) is 0.745. The summed E-state index contributed by atoms with van der Waals surface area (Å²) in [5.41, 5.74) is -2.49. The van der Waals surface area contributed by atoms with Crippen molar-refractivity contribution in [1.82, 2.24) is 0 Å². The summed E-state index contributed by atoms with van der Waals surface area (Å²) in [5, 5.41) is 0. The zero-order valence-electron chi connectivity index (χ0n) is 17.0. The summed E-state index contributed by atoms with van der Waals surface area (Å²) in [7, 11) is -7.72. The number of benzene rings is 1. The number of rotatable bonds is 8. The van der Waals surface area contributed by atoms with Gasteiger partial charge < -0.3 is 18.9 Å². The molecule has 5 nitrogen and oxygen atoms in total. The Morgan fingerprint density at radius 2 is 1.66 bits per heavy atom. The first-order valence-electron chi connectivity index (χ1n) is 8.96. The molecule has 32 heavy (non-hydrogen) atoms. The Morgan fingerprint density at radius 1 is 1.09 bits per heavy atom. The van der Waals surface area contributed by atoms with Crippen molar-refractivity contribution < 1.29 is 56.3 Å². The fraction of sp³-hybridized carbons (Fsp3) is 0.500. The second-order valence-corrected chi connectivity index (χ2v) is 9.31. The topological polar surface area (TPSA) is 54.0 Å². The fourth-order valence-electron chi connectivity index (χ4n) is 2.96. The van der Waals surface area contributed by atoms with Crippen molar-refractivity contribution in [2.45, 2.75) is 36.6 Å². The molecule has 0 saturated carbocycles. The molecule has 0 aliphatic carbocycles. The van der Waals surface area contributed by atoms with Gasteiger partial charge in [0.05, 0.1) is 18.8 Å². The zero-order valence-corrected chi connectivity index (χ0v) is 17.8. The number of carbonyl (C=O) groups is 1. The first-order chi connectivity index (χ1) is 14.4. The molecule has 0 aromatic heterocycles. The number of esters is 1. The standard InChI is InChI=1S/C18H20F8O5S/c1-4-10-5-13(32(22,23,24,25)26)6-11-7-14(16(18(19,20)21)31-15(10)11)17(27)30-12(8-28-2)9-29-3/h5-7,12,16H,4,8-9H2,1-3H3/t16-/m0/s1. The van der Waals surface area contributed by atoms with Crippen molar-refractivity contribution in [3.8, 4) is 5.75 Å². The van der Waals surface area contributed by atoms with E-state index in [1.165, 1.54) is 21.1 Å². The van der Waals surface area contributed by atoms with Crippen LogP contribution in [-0.4, -0.2) is 51.8 Å². The molecule has 0 unspecified atom stereocenters. The van der Waals surface area contributed by atoms with E-state index in [0.29, 0.717) is 6.08 Å². The van der Waals surface area contributed by atoms with E-state index in [4.69, 9.17) is 18.9 Å². The second kappa shape index (κ2) is 8.06. The van der Waals surface area contributed by atoms with E-state index in [-0.39, 0.29) is 31.8 Å². The van der Waals surface area contributed by atoms with Gasteiger partial charge in [-0.3, -0.25) is 0 Å². The Morgan fingerprint density at radius 3 is 2.09 bits per heavy atom. The first kappa shape index (κ1) is 26.2. The van der Waals surface area contributed by atoms with E-state index in [9.17, 15) is 37.4 Å². The molecule has 0 fully saturated rings. The van der Waals surface area contributed by atoms with Crippen LogP contribution < -0.4 is 4.74 Å². The van der Waals surface area contributed by atoms with Crippen molar-refractivity contribution >= 4 is 22.3 Å². The van der Waals surface area contributed by atoms with E-state index in [0.717, 1.165) is 0 Å². The Bertz CT molecular complexity index is 905. The SMILES string of the molecule is CCc1cc(S(F)(F)(F)(F)F)cc2c1O[C@H](C(F)(F)F)C(C(=O)OC(COC)COC)=C2. The second-order valence-electron chi connectivity index (χ2n) is 6.90. The van der Waals surface area contributed by atoms with E-state index >= 15 is 0 Å². The molecular weight excluding hydrogens is 480 g/mol. The number of methoxy groups -OCH3 is 2. The quantitative estimate of drug-likeness (QED) is 0.333. The lowest BCUT2D eigenvalue weighted by Crippen LogP contribution is -2.42. The van der Waals surface area contributed by atoms with Gasteiger partial charge in [-0.05, 0) is 30.2 Å². The highest BCUT2D eigenvalue weighted by molar-refractivity contribution is 8.45. The predicted molar refractivity (Wildman–Crippen MR) is 99.3 cm³/mol. The minimum Gasteiger partial charge on any atom is -0.475 e. The van der Waals surface area contributed by atoms with Gasteiger partial charge in [-0.15, -0.1) is 0 Å². The molecule has 1 aliphatic heterocycles. The number of halogens is 8. The smallest absolute Gasteiger partial charge is 0.430 e. The molecule has 0 bridgehead atoms. The summed E-state index contributed by atoms with van der Waals surface area (Å²) >= 11 is 0. The van der Waals surface area contributed by atoms with Crippen LogP contribution in [0.1, 0.15) is 18.1 Å². The van der Waals surface area contributed by atoms with Crippen LogP contribution in [-0.2, 0) is 25.4 Å². The summed E-state index contributed by atoms with van der Waals surface area (Å²) in [4.78, 5) is 10.1. The molecule has 0 N–H and O–H groups in total. The zero-order chi connectivity index (χ0) is 24.6. The molecule has 184 valence electrons. The largest absolute Gasteiger partial charge is 0.475 e. The maximum atomic E-state index is 13.6. The molecule has 1 aliphatic rings. The maximum Gasteiger partial charge on any atom is 0.430 e. The van der Waals surface area contributed by atoms with E-state index in [2.05, 4.69) is 0 Å². The van der Waals surface area contributed by atoms with Gasteiger partial charge in [0.25, 0.3) is 0 Å². The summed E-state index contributed by atoms with van der Waals surface area (Å²) in [6.07, 6.45) is -9.11. The number of hydrogen-bond acceptors (Lipinski definition) is 5. The van der Waals surface area contributed by atoms with Crippen LogP contribution in [0.15, 0.2) is 22.6 Å². The van der Waals surface area contributed by atoms with Crippen LogP contribution in [0.4, 0.5) is 32.6 Å². The van der Waals surface area contributed by atoms with Crippen LogP contribution in [0.2, 0.25) is 0 Å². The van der Waals surface area contributed by atoms with Crippen LogP contribution in [0.5, 0.6) is 5.75 Å². The molecule has 1 heterocycles. The lowest BCUT2D eigenvalue weighted by molar-refractivity contribution is -0.189. The van der Waals surface area contributed by atoms with Gasteiger partial charge in [0.1, 0.15) is 16.7 Å². The van der Waals surface area contributed by atoms with Gasteiger partial charge in [-0.25, -0.2) is 4.79 Å². The Balaban J connectivity index is 2.64. The van der Waals surface area contributed by atoms with Crippen molar-refractivity contribution in [3.05, 3.63) is 28.8 Å². The minimum absolute atomic E-state index is 0.0439. The van der Waals surface area contributed by atoms with E-state index < -0.39 is 61.9 Å². The monoisotopic (exact) mass is 500 g/mol. The van der Waals surface area contributed by atoms with Crippen LogP contribution in [0.25, 0.3) is 6.08 Å². The van der Waals surface area contributed by atoms with Gasteiger partial charge in [0.2, 0.25) is 6.10 Å². The number of fused-ring (bicyclic) bond motifs is 1. The third-order valence-electron chi connectivity index (χ3n) is 4.34. The number of carbonyl (C=O) groups excluding carboxylic acids is 1. The number of hydrogen-bond donors (Lipinski definition) is 0. The van der Waals surface area contributed by atoms with Crippen LogP contribution in [0.3, 0.4) is 0 Å². The summed E-state index contributed by atoms with van der Waals surface area (Å²) in [6, 6.07) is 0.00982. The lowest BCUT2D eigenvalue weighted by Gasteiger charge is -2.41. The summed E-state index contributed by atoms with van der Waals surface area (Å²) < 4.78 is 127. The number of aryl methyl sites for hydroxylation is 1. The van der Waals surface area contributed by atoms with Gasteiger partial charge in [0, 0.05) is 19.8 Å². The molecule has 1 aromatic carbocycles. The predicted octanol–water partition coefficient (Wildman–Crippen LogP) is 5.82. The molecule has 14 heteroatoms. The third kappa shape index (κ3) is 6.04. The molecule has 2 rings (SSSR count). The Kier molecular flexibility index (Phi) is 6.60. The molecule has 1 aromatic rings. The fourth-order valence-corrected chi connectivity index (χ4v) is 3.68. The number of ether oxygens (including phenoxy) is 4. The average molecular weight is 500 g/mol. The highest BCUT2D eigenvalue weighted by Gasteiger charge is 2.66. The highest BCUT2D eigenvalue weighted by atomic mass is 32.5. The van der Waals surface area contributed by atoms with E-state index in [1.807, 2.05) is 0 Å². The normalized spacial score (nSPS) is 18.9. The highest BCUT2D eigenvalue weighted by Crippen LogP contribution is 3.02. The van der Waals surface area contributed by atoms with Gasteiger partial charge in [-0.2, -0.15) is 13.2 Å². The summed E-state index contributed by atoms with van der Waals surface area (Å²) in [5.74, 6) is -2.25. The molecule has 1 atom stereocenters. The Hall–Kier alpha value is -2.06. The molecular formula is C18H20F8O5S. The first-order valence-corrected chi connectivity index (χ1v) is 10.9. The lowest BCUT2D eigenvalue weighted by atomic mass is 9.98. The van der Waals surface area contributed by atoms with Crippen LogP contribution >= 0.6 is 10.2 Å². The van der Waals surface area contributed by atoms with Gasteiger partial charge in [-0.1, -0.05) is 26.4 Å². The van der Waals surface area contributed by atoms with Crippen molar-refractivity contribution in [2.24, 2.45) is 0 Å². The molecule has 0 amide bonds. The Labute approximate surface area is 178 Å². The van der Waals surface area contributed by atoms with Crippen molar-refractivity contribution in [3.63, 3.8) is 0 Å².